The summed E-state index contributed by atoms with van der Waals surface area (Å²) in [4.78, 5) is 1.43. The van der Waals surface area contributed by atoms with Crippen LogP contribution in [0.2, 0.25) is 0 Å². The Kier molecular flexibility index (Phi) is 4.76. The molecule has 0 radical (unpaired) electrons. The van der Waals surface area contributed by atoms with Gasteiger partial charge in [0.1, 0.15) is 0 Å². The quantitative estimate of drug-likeness (QED) is 0.560. The van der Waals surface area contributed by atoms with Crippen molar-refractivity contribution >= 4 is 27.7 Å². The number of ether oxygens (including phenoxy) is 2. The molecule has 0 aliphatic carbocycles. The average molecular weight is 365 g/mol. The number of hydrogen-bond donors (Lipinski definition) is 0. The van der Waals surface area contributed by atoms with E-state index in [1.807, 2.05) is 6.07 Å². The third-order valence-electron chi connectivity index (χ3n) is 3.47. The van der Waals surface area contributed by atoms with Gasteiger partial charge in [0.05, 0.1) is 18.0 Å². The van der Waals surface area contributed by atoms with Crippen molar-refractivity contribution in [3.05, 3.63) is 53.6 Å². The van der Waals surface area contributed by atoms with E-state index in [0.29, 0.717) is 6.61 Å². The average Bonchev–Trinajstić information content (AvgIpc) is 2.79. The fourth-order valence-corrected chi connectivity index (χ4v) is 3.30. The number of halogens is 1. The van der Waals surface area contributed by atoms with E-state index in [2.05, 4.69) is 58.6 Å². The molecule has 2 nitrogen and oxygen atoms in total. The molecule has 0 saturated carbocycles. The Hall–Kier alpha value is -1.13. The summed E-state index contributed by atoms with van der Waals surface area (Å²) in [5.41, 5.74) is 2.42. The maximum atomic E-state index is 5.76. The third-order valence-corrected chi connectivity index (χ3v) is 5.27. The predicted octanol–water partition coefficient (Wildman–Crippen LogP) is 5.05. The van der Waals surface area contributed by atoms with Crippen LogP contribution in [-0.2, 0) is 0 Å². The number of benzene rings is 2. The minimum Gasteiger partial charge on any atom is -0.490 e. The van der Waals surface area contributed by atoms with Crippen molar-refractivity contribution in [3.63, 3.8) is 0 Å². The SMILES string of the molecule is CSc1ccc(C(Br)c2ccc3c(c2)OCCCO3)cc1. The lowest BCUT2D eigenvalue weighted by Gasteiger charge is -2.14. The maximum Gasteiger partial charge on any atom is 0.161 e. The fourth-order valence-electron chi connectivity index (χ4n) is 2.30. The highest BCUT2D eigenvalue weighted by atomic mass is 79.9. The van der Waals surface area contributed by atoms with Crippen LogP contribution in [0.4, 0.5) is 0 Å². The Balaban J connectivity index is 1.86. The lowest BCUT2D eigenvalue weighted by atomic mass is 10.0. The number of rotatable bonds is 3. The summed E-state index contributed by atoms with van der Waals surface area (Å²) >= 11 is 5.54. The van der Waals surface area contributed by atoms with Crippen LogP contribution in [0.5, 0.6) is 11.5 Å². The van der Waals surface area contributed by atoms with Gasteiger partial charge in [-0.25, -0.2) is 0 Å². The molecule has 0 amide bonds. The lowest BCUT2D eigenvalue weighted by Crippen LogP contribution is -1.97. The van der Waals surface area contributed by atoms with E-state index in [9.17, 15) is 0 Å². The zero-order valence-corrected chi connectivity index (χ0v) is 14.2. The predicted molar refractivity (Wildman–Crippen MR) is 91.0 cm³/mol. The van der Waals surface area contributed by atoms with Gasteiger partial charge in [0.15, 0.2) is 11.5 Å². The first-order valence-corrected chi connectivity index (χ1v) is 9.09. The normalized spacial score (nSPS) is 15.3. The molecule has 1 heterocycles. The molecule has 0 bridgehead atoms. The monoisotopic (exact) mass is 364 g/mol. The van der Waals surface area contributed by atoms with Crippen LogP contribution < -0.4 is 9.47 Å². The Bertz CT molecular complexity index is 613. The molecule has 0 aromatic heterocycles. The zero-order chi connectivity index (χ0) is 14.7. The van der Waals surface area contributed by atoms with Crippen molar-refractivity contribution in [2.24, 2.45) is 0 Å². The van der Waals surface area contributed by atoms with Gasteiger partial charge in [-0.1, -0.05) is 34.1 Å². The number of thioether (sulfide) groups is 1. The summed E-state index contributed by atoms with van der Waals surface area (Å²) < 4.78 is 11.4. The smallest absolute Gasteiger partial charge is 0.161 e. The van der Waals surface area contributed by atoms with E-state index >= 15 is 0 Å². The summed E-state index contributed by atoms with van der Waals surface area (Å²) in [5, 5.41) is 0. The highest BCUT2D eigenvalue weighted by Crippen LogP contribution is 2.37. The first-order valence-electron chi connectivity index (χ1n) is 6.95. The van der Waals surface area contributed by atoms with Gasteiger partial charge in [-0.05, 0) is 41.6 Å². The molecule has 3 rings (SSSR count). The maximum absolute atomic E-state index is 5.76. The second-order valence-corrected chi connectivity index (χ2v) is 6.69. The molecule has 2 aromatic carbocycles. The summed E-state index contributed by atoms with van der Waals surface area (Å²) in [6.45, 7) is 1.44. The molecular weight excluding hydrogens is 348 g/mol. The molecular formula is C17H17BrO2S. The van der Waals surface area contributed by atoms with Crippen LogP contribution >= 0.6 is 27.7 Å². The summed E-state index contributed by atoms with van der Waals surface area (Å²) in [6, 6.07) is 14.8. The minimum absolute atomic E-state index is 0.158. The Morgan fingerprint density at radius 1 is 0.952 bits per heavy atom. The van der Waals surface area contributed by atoms with Gasteiger partial charge >= 0.3 is 0 Å². The summed E-state index contributed by atoms with van der Waals surface area (Å²) in [7, 11) is 0. The van der Waals surface area contributed by atoms with Crippen LogP contribution in [0.1, 0.15) is 22.4 Å². The zero-order valence-electron chi connectivity index (χ0n) is 11.8. The fraction of sp³-hybridized carbons (Fsp3) is 0.294. The van der Waals surface area contributed by atoms with Gasteiger partial charge < -0.3 is 9.47 Å². The topological polar surface area (TPSA) is 18.5 Å². The van der Waals surface area contributed by atoms with Crippen LogP contribution in [0.15, 0.2) is 47.4 Å². The highest BCUT2D eigenvalue weighted by molar-refractivity contribution is 9.09. The number of hydrogen-bond acceptors (Lipinski definition) is 3. The van der Waals surface area contributed by atoms with Crippen LogP contribution in [0.25, 0.3) is 0 Å². The van der Waals surface area contributed by atoms with Crippen molar-refractivity contribution in [1.29, 1.82) is 0 Å². The second-order valence-electron chi connectivity index (χ2n) is 4.89. The van der Waals surface area contributed by atoms with Crippen LogP contribution in [-0.4, -0.2) is 19.5 Å². The van der Waals surface area contributed by atoms with Gasteiger partial charge in [-0.2, -0.15) is 0 Å². The van der Waals surface area contributed by atoms with Gasteiger partial charge in [-0.15, -0.1) is 11.8 Å². The molecule has 1 aliphatic rings. The van der Waals surface area contributed by atoms with Crippen molar-refractivity contribution in [1.82, 2.24) is 0 Å². The van der Waals surface area contributed by atoms with Gasteiger partial charge in [0, 0.05) is 11.3 Å². The van der Waals surface area contributed by atoms with Gasteiger partial charge in [0.2, 0.25) is 0 Å². The standard InChI is InChI=1S/C17H17BrO2S/c1-21-14-6-3-12(4-7-14)17(18)13-5-8-15-16(11-13)20-10-2-9-19-15/h3-8,11,17H,2,9-10H2,1H3. The Labute approximate surface area is 138 Å². The summed E-state index contributed by atoms with van der Waals surface area (Å²) in [5.74, 6) is 1.68. The van der Waals surface area contributed by atoms with Gasteiger partial charge in [0.25, 0.3) is 0 Å². The van der Waals surface area contributed by atoms with E-state index in [1.54, 1.807) is 11.8 Å². The summed E-state index contributed by atoms with van der Waals surface area (Å²) in [6.07, 6.45) is 3.02. The number of fused-ring (bicyclic) bond motifs is 1. The molecule has 1 atom stereocenters. The van der Waals surface area contributed by atoms with Crippen molar-refractivity contribution in [3.8, 4) is 11.5 Å². The van der Waals surface area contributed by atoms with Crippen LogP contribution in [0.3, 0.4) is 0 Å². The minimum atomic E-state index is 0.158. The first-order chi connectivity index (χ1) is 10.3. The van der Waals surface area contributed by atoms with E-state index in [4.69, 9.17) is 9.47 Å². The van der Waals surface area contributed by atoms with Crippen molar-refractivity contribution in [2.75, 3.05) is 19.5 Å². The third kappa shape index (κ3) is 3.38. The molecule has 1 aliphatic heterocycles. The molecule has 0 spiro atoms. The number of alkyl halides is 1. The van der Waals surface area contributed by atoms with Crippen LogP contribution in [0, 0.1) is 0 Å². The van der Waals surface area contributed by atoms with Gasteiger partial charge in [-0.3, -0.25) is 0 Å². The lowest BCUT2D eigenvalue weighted by molar-refractivity contribution is 0.297. The molecule has 2 aromatic rings. The second kappa shape index (κ2) is 6.75. The molecule has 0 fully saturated rings. The molecule has 4 heteroatoms. The van der Waals surface area contributed by atoms with E-state index in [-0.39, 0.29) is 4.83 Å². The largest absolute Gasteiger partial charge is 0.490 e. The Morgan fingerprint density at radius 3 is 2.33 bits per heavy atom. The highest BCUT2D eigenvalue weighted by Gasteiger charge is 2.15. The van der Waals surface area contributed by atoms with Crippen molar-refractivity contribution in [2.45, 2.75) is 16.1 Å². The first kappa shape index (κ1) is 14.8. The van der Waals surface area contributed by atoms with E-state index < -0.39 is 0 Å². The van der Waals surface area contributed by atoms with E-state index in [0.717, 1.165) is 24.5 Å². The molecule has 110 valence electrons. The molecule has 21 heavy (non-hydrogen) atoms. The molecule has 0 N–H and O–H groups in total. The molecule has 0 saturated heterocycles. The molecule has 1 unspecified atom stereocenters. The van der Waals surface area contributed by atoms with E-state index in [1.165, 1.54) is 16.0 Å². The van der Waals surface area contributed by atoms with Crippen molar-refractivity contribution < 1.29 is 9.47 Å². The Morgan fingerprint density at radius 2 is 1.62 bits per heavy atom.